The zero-order valence-electron chi connectivity index (χ0n) is 13.3. The molecule has 23 heavy (non-hydrogen) atoms. The van der Waals surface area contributed by atoms with Crippen molar-refractivity contribution in [3.8, 4) is 0 Å². The normalized spacial score (nSPS) is 37.0. The maximum Gasteiger partial charge on any atom is 0.251 e. The van der Waals surface area contributed by atoms with Gasteiger partial charge in [0, 0.05) is 0 Å². The van der Waals surface area contributed by atoms with Gasteiger partial charge >= 0.3 is 0 Å². The molecule has 0 saturated heterocycles. The van der Waals surface area contributed by atoms with Crippen molar-refractivity contribution in [3.05, 3.63) is 29.8 Å². The fourth-order valence-corrected chi connectivity index (χ4v) is 8.49. The predicted molar refractivity (Wildman–Crippen MR) is 90.5 cm³/mol. The molecule has 4 aliphatic rings. The molecule has 4 saturated carbocycles. The molecule has 0 amide bonds. The Morgan fingerprint density at radius 3 is 2.00 bits per heavy atom. The fourth-order valence-electron chi connectivity index (χ4n) is 5.15. The Bertz CT molecular complexity index is 699. The van der Waals surface area contributed by atoms with Crippen LogP contribution in [0.4, 0.5) is 0 Å². The second-order valence-electron chi connectivity index (χ2n) is 7.59. The minimum atomic E-state index is -3.71. The Hall–Kier alpha value is -0.720. The van der Waals surface area contributed by atoms with E-state index in [1.807, 2.05) is 6.92 Å². The van der Waals surface area contributed by atoms with E-state index in [1.165, 1.54) is 6.42 Å². The van der Waals surface area contributed by atoms with Gasteiger partial charge in [-0.15, -0.1) is 4.13 Å². The highest BCUT2D eigenvalue weighted by atomic mass is 32.3. The van der Waals surface area contributed by atoms with Crippen molar-refractivity contribution >= 4 is 21.0 Å². The Balaban J connectivity index is 1.52. The van der Waals surface area contributed by atoms with Crippen LogP contribution in [0.5, 0.6) is 0 Å². The first kappa shape index (κ1) is 15.8. The highest BCUT2D eigenvalue weighted by Crippen LogP contribution is 2.55. The average molecular weight is 354 g/mol. The van der Waals surface area contributed by atoms with Crippen molar-refractivity contribution in [1.29, 1.82) is 0 Å². The third kappa shape index (κ3) is 2.89. The summed E-state index contributed by atoms with van der Waals surface area (Å²) in [5.74, 6) is 2.46. The third-order valence-corrected chi connectivity index (χ3v) is 9.60. The first-order chi connectivity index (χ1) is 10.9. The molecule has 0 aromatic heterocycles. The van der Waals surface area contributed by atoms with Crippen LogP contribution in [-0.2, 0) is 21.0 Å². The lowest BCUT2D eigenvalue weighted by atomic mass is 9.56. The van der Waals surface area contributed by atoms with Crippen LogP contribution in [0.15, 0.2) is 29.2 Å². The van der Waals surface area contributed by atoms with Crippen LogP contribution in [0.1, 0.15) is 37.7 Å². The quantitative estimate of drug-likeness (QED) is 0.905. The van der Waals surface area contributed by atoms with Crippen LogP contribution in [0, 0.1) is 30.6 Å². The van der Waals surface area contributed by atoms with Gasteiger partial charge in [0.25, 0.3) is 10.0 Å². The zero-order chi connectivity index (χ0) is 16.2. The van der Waals surface area contributed by atoms with E-state index in [1.54, 1.807) is 24.3 Å². The summed E-state index contributed by atoms with van der Waals surface area (Å²) in [5, 5.41) is 0.00280. The van der Waals surface area contributed by atoms with Crippen molar-refractivity contribution in [1.82, 2.24) is 4.13 Å². The molecule has 1 unspecified atom stereocenters. The number of rotatable bonds is 4. The third-order valence-electron chi connectivity index (χ3n) is 5.91. The molecule has 4 aliphatic carbocycles. The van der Waals surface area contributed by atoms with E-state index in [-0.39, 0.29) is 10.1 Å². The monoisotopic (exact) mass is 353 g/mol. The number of hydrogen-bond donors (Lipinski definition) is 1. The number of nitrogens with one attached hydrogen (secondary N) is 1. The molecule has 1 aromatic carbocycles. The molecule has 5 rings (SSSR count). The van der Waals surface area contributed by atoms with Crippen molar-refractivity contribution in [2.24, 2.45) is 23.7 Å². The van der Waals surface area contributed by atoms with Crippen LogP contribution < -0.4 is 4.13 Å². The number of sulfonamides is 1. The van der Waals surface area contributed by atoms with Crippen LogP contribution in [-0.4, -0.2) is 17.9 Å². The molecule has 6 heteroatoms. The van der Waals surface area contributed by atoms with E-state index in [9.17, 15) is 12.6 Å². The van der Waals surface area contributed by atoms with E-state index in [0.717, 1.165) is 43.1 Å². The van der Waals surface area contributed by atoms with Gasteiger partial charge in [-0.1, -0.05) is 17.7 Å². The highest BCUT2D eigenvalue weighted by Gasteiger charge is 2.50. The van der Waals surface area contributed by atoms with Crippen molar-refractivity contribution in [2.75, 3.05) is 0 Å². The van der Waals surface area contributed by atoms with Gasteiger partial charge in [-0.25, -0.2) is 12.6 Å². The summed E-state index contributed by atoms with van der Waals surface area (Å²) in [6.45, 7) is 1.91. The van der Waals surface area contributed by atoms with Gasteiger partial charge in [0.15, 0.2) is 0 Å². The summed E-state index contributed by atoms with van der Waals surface area (Å²) in [5.41, 5.74) is 1.01. The smallest absolute Gasteiger partial charge is 0.242 e. The van der Waals surface area contributed by atoms with Gasteiger partial charge in [0.1, 0.15) is 11.0 Å². The SMILES string of the molecule is Cc1ccc(S(=O)(=O)NS(=O)C2C3CC4CC(C3)CC2C4)cc1. The summed E-state index contributed by atoms with van der Waals surface area (Å²) in [7, 11) is -5.23. The Morgan fingerprint density at radius 2 is 1.48 bits per heavy atom. The van der Waals surface area contributed by atoms with E-state index >= 15 is 0 Å². The van der Waals surface area contributed by atoms with Crippen molar-refractivity contribution in [2.45, 2.75) is 49.2 Å². The lowest BCUT2D eigenvalue weighted by Crippen LogP contribution is -2.52. The van der Waals surface area contributed by atoms with Crippen LogP contribution >= 0.6 is 0 Å². The first-order valence-corrected chi connectivity index (χ1v) is 11.1. The molecule has 1 N–H and O–H groups in total. The molecule has 0 aliphatic heterocycles. The Labute approximate surface area is 140 Å². The maximum absolute atomic E-state index is 12.8. The summed E-state index contributed by atoms with van der Waals surface area (Å²) in [6.07, 6.45) is 5.87. The number of hydrogen-bond acceptors (Lipinski definition) is 3. The molecule has 0 heterocycles. The standard InChI is InChI=1S/C17H23NO3S2/c1-11-2-4-16(5-3-11)23(20,21)18-22(19)17-14-7-12-6-13(9-14)10-15(17)8-12/h2-5,12-15,17-18H,6-10H2,1H3. The molecule has 1 aromatic rings. The lowest BCUT2D eigenvalue weighted by molar-refractivity contribution is 0.0251. The topological polar surface area (TPSA) is 63.2 Å². The van der Waals surface area contributed by atoms with Crippen LogP contribution in [0.3, 0.4) is 0 Å². The molecule has 4 bridgehead atoms. The van der Waals surface area contributed by atoms with E-state index in [2.05, 4.69) is 4.13 Å². The predicted octanol–water partition coefficient (Wildman–Crippen LogP) is 2.76. The molecule has 0 radical (unpaired) electrons. The van der Waals surface area contributed by atoms with Crippen molar-refractivity contribution < 1.29 is 12.6 Å². The number of aryl methyl sites for hydroxylation is 1. The summed E-state index contributed by atoms with van der Waals surface area (Å²) in [6, 6.07) is 6.68. The minimum Gasteiger partial charge on any atom is -0.242 e. The second kappa shape index (κ2) is 5.67. The zero-order valence-corrected chi connectivity index (χ0v) is 14.9. The molecular weight excluding hydrogens is 330 g/mol. The fraction of sp³-hybridized carbons (Fsp3) is 0.647. The van der Waals surface area contributed by atoms with E-state index in [4.69, 9.17) is 0 Å². The number of benzene rings is 1. The average Bonchev–Trinajstić information content (AvgIpc) is 2.45. The lowest BCUT2D eigenvalue weighted by Gasteiger charge is -2.53. The van der Waals surface area contributed by atoms with Crippen LogP contribution in [0.25, 0.3) is 0 Å². The van der Waals surface area contributed by atoms with E-state index in [0.29, 0.717) is 11.8 Å². The summed E-state index contributed by atoms with van der Waals surface area (Å²) < 4.78 is 40.2. The van der Waals surface area contributed by atoms with Gasteiger partial charge in [-0.3, -0.25) is 0 Å². The molecule has 4 fully saturated rings. The Kier molecular flexibility index (Phi) is 3.89. The molecule has 0 spiro atoms. The molecule has 1 atom stereocenters. The summed E-state index contributed by atoms with van der Waals surface area (Å²) >= 11 is 0. The van der Waals surface area contributed by atoms with Gasteiger partial charge in [0.05, 0.1) is 10.1 Å². The largest absolute Gasteiger partial charge is 0.251 e. The van der Waals surface area contributed by atoms with Gasteiger partial charge in [0.2, 0.25) is 0 Å². The van der Waals surface area contributed by atoms with Gasteiger partial charge in [-0.2, -0.15) is 0 Å². The van der Waals surface area contributed by atoms with E-state index < -0.39 is 21.0 Å². The summed E-state index contributed by atoms with van der Waals surface area (Å²) in [4.78, 5) is 0.195. The minimum absolute atomic E-state index is 0.00280. The molecule has 126 valence electrons. The van der Waals surface area contributed by atoms with Crippen LogP contribution in [0.2, 0.25) is 0 Å². The van der Waals surface area contributed by atoms with Crippen molar-refractivity contribution in [3.63, 3.8) is 0 Å². The maximum atomic E-state index is 12.8. The second-order valence-corrected chi connectivity index (χ2v) is 10.9. The van der Waals surface area contributed by atoms with Gasteiger partial charge < -0.3 is 0 Å². The van der Waals surface area contributed by atoms with Gasteiger partial charge in [-0.05, 0) is 74.8 Å². The highest BCUT2D eigenvalue weighted by molar-refractivity contribution is 8.02. The Morgan fingerprint density at radius 1 is 0.957 bits per heavy atom. The molecule has 4 nitrogen and oxygen atoms in total. The molecular formula is C17H23NO3S2. The first-order valence-electron chi connectivity index (χ1n) is 8.42.